The molecule has 4 nitrogen and oxygen atoms in total. The number of anilines is 1. The predicted octanol–water partition coefficient (Wildman–Crippen LogP) is 2.56. The Morgan fingerprint density at radius 2 is 2.00 bits per heavy atom. The summed E-state index contributed by atoms with van der Waals surface area (Å²) in [5, 5.41) is 9.68. The highest BCUT2D eigenvalue weighted by Crippen LogP contribution is 2.33. The van der Waals surface area contributed by atoms with Crippen LogP contribution >= 0.6 is 15.9 Å². The van der Waals surface area contributed by atoms with Crippen LogP contribution in [0.2, 0.25) is 0 Å². The standard InChI is InChI=1S/C15H21BrN2O2/c1-10(19)12-6-5-11(9-13(12)16)18-8-7-17(4)14(20)15(18,2)3/h5-6,9-10,19H,7-8H2,1-4H3. The number of nitrogens with zero attached hydrogens (tertiary/aromatic N) is 2. The van der Waals surface area contributed by atoms with Gasteiger partial charge in [-0.25, -0.2) is 0 Å². The van der Waals surface area contributed by atoms with Crippen molar-refractivity contribution in [3.63, 3.8) is 0 Å². The number of amides is 1. The Kier molecular flexibility index (Phi) is 4.12. The number of hydrogen-bond acceptors (Lipinski definition) is 3. The van der Waals surface area contributed by atoms with Crippen molar-refractivity contribution in [3.8, 4) is 0 Å². The molecule has 110 valence electrons. The number of rotatable bonds is 2. The predicted molar refractivity (Wildman–Crippen MR) is 83.8 cm³/mol. The number of likely N-dealkylation sites (N-methyl/N-ethyl adjacent to an activating group) is 1. The van der Waals surface area contributed by atoms with Crippen LogP contribution in [0.1, 0.15) is 32.4 Å². The second kappa shape index (κ2) is 5.37. The average Bonchev–Trinajstić information content (AvgIpc) is 2.35. The van der Waals surface area contributed by atoms with Crippen LogP contribution in [-0.2, 0) is 4.79 Å². The maximum absolute atomic E-state index is 12.3. The molecule has 1 aliphatic heterocycles. The summed E-state index contributed by atoms with van der Waals surface area (Å²) in [5.41, 5.74) is 1.29. The third kappa shape index (κ3) is 2.56. The average molecular weight is 341 g/mol. The van der Waals surface area contributed by atoms with Gasteiger partial charge in [0.25, 0.3) is 0 Å². The zero-order valence-electron chi connectivity index (χ0n) is 12.4. The Balaban J connectivity index is 2.36. The van der Waals surface area contributed by atoms with Crippen LogP contribution in [0.3, 0.4) is 0 Å². The fourth-order valence-corrected chi connectivity index (χ4v) is 3.39. The molecule has 5 heteroatoms. The first kappa shape index (κ1) is 15.3. The smallest absolute Gasteiger partial charge is 0.247 e. The van der Waals surface area contributed by atoms with Crippen LogP contribution in [0.25, 0.3) is 0 Å². The number of halogens is 1. The Labute approximate surface area is 128 Å². The van der Waals surface area contributed by atoms with E-state index in [9.17, 15) is 9.90 Å². The lowest BCUT2D eigenvalue weighted by Gasteiger charge is -2.46. The van der Waals surface area contributed by atoms with E-state index < -0.39 is 11.6 Å². The molecule has 1 heterocycles. The number of carbonyl (C=O) groups is 1. The summed E-state index contributed by atoms with van der Waals surface area (Å²) in [4.78, 5) is 16.2. The molecule has 0 bridgehead atoms. The number of hydrogen-bond donors (Lipinski definition) is 1. The molecule has 1 fully saturated rings. The lowest BCUT2D eigenvalue weighted by atomic mass is 9.96. The van der Waals surface area contributed by atoms with E-state index in [0.29, 0.717) is 0 Å². The van der Waals surface area contributed by atoms with Gasteiger partial charge in [-0.05, 0) is 38.5 Å². The molecule has 1 saturated heterocycles. The highest BCUT2D eigenvalue weighted by Gasteiger charge is 2.40. The molecule has 1 aromatic carbocycles. The fraction of sp³-hybridized carbons (Fsp3) is 0.533. The van der Waals surface area contributed by atoms with Crippen molar-refractivity contribution in [2.45, 2.75) is 32.4 Å². The van der Waals surface area contributed by atoms with Crippen molar-refractivity contribution < 1.29 is 9.90 Å². The molecule has 0 aromatic heterocycles. The van der Waals surface area contributed by atoms with Gasteiger partial charge in [0.2, 0.25) is 5.91 Å². The largest absolute Gasteiger partial charge is 0.389 e. The summed E-state index contributed by atoms with van der Waals surface area (Å²) in [7, 11) is 1.84. The van der Waals surface area contributed by atoms with E-state index in [4.69, 9.17) is 0 Å². The van der Waals surface area contributed by atoms with Gasteiger partial charge in [0, 0.05) is 30.3 Å². The molecule has 20 heavy (non-hydrogen) atoms. The quantitative estimate of drug-likeness (QED) is 0.899. The molecule has 2 rings (SSSR count). The van der Waals surface area contributed by atoms with Gasteiger partial charge < -0.3 is 14.9 Å². The number of benzene rings is 1. The zero-order chi connectivity index (χ0) is 15.1. The van der Waals surface area contributed by atoms with Gasteiger partial charge >= 0.3 is 0 Å². The van der Waals surface area contributed by atoms with Crippen LogP contribution < -0.4 is 4.90 Å². The summed E-state index contributed by atoms with van der Waals surface area (Å²) >= 11 is 3.50. The molecule has 0 radical (unpaired) electrons. The maximum Gasteiger partial charge on any atom is 0.247 e. The van der Waals surface area contributed by atoms with Crippen molar-refractivity contribution in [3.05, 3.63) is 28.2 Å². The summed E-state index contributed by atoms with van der Waals surface area (Å²) in [6.07, 6.45) is -0.513. The van der Waals surface area contributed by atoms with Gasteiger partial charge in [0.15, 0.2) is 0 Å². The van der Waals surface area contributed by atoms with E-state index in [-0.39, 0.29) is 5.91 Å². The second-order valence-electron chi connectivity index (χ2n) is 5.82. The molecular formula is C15H21BrN2O2. The van der Waals surface area contributed by atoms with E-state index >= 15 is 0 Å². The van der Waals surface area contributed by atoms with Crippen molar-refractivity contribution in [2.24, 2.45) is 0 Å². The van der Waals surface area contributed by atoms with Crippen molar-refractivity contribution in [1.82, 2.24) is 4.90 Å². The highest BCUT2D eigenvalue weighted by molar-refractivity contribution is 9.10. The molecule has 1 atom stereocenters. The molecule has 1 aromatic rings. The number of aliphatic hydroxyl groups is 1. The lowest BCUT2D eigenvalue weighted by molar-refractivity contribution is -0.136. The molecular weight excluding hydrogens is 320 g/mol. The first-order chi connectivity index (χ1) is 9.25. The number of carbonyl (C=O) groups excluding carboxylic acids is 1. The number of aliphatic hydroxyl groups excluding tert-OH is 1. The first-order valence-corrected chi connectivity index (χ1v) is 7.55. The summed E-state index contributed by atoms with van der Waals surface area (Å²) in [6, 6.07) is 5.85. The van der Waals surface area contributed by atoms with Crippen molar-refractivity contribution in [1.29, 1.82) is 0 Å². The molecule has 1 amide bonds. The van der Waals surface area contributed by atoms with Gasteiger partial charge in [-0.3, -0.25) is 4.79 Å². The zero-order valence-corrected chi connectivity index (χ0v) is 13.9. The van der Waals surface area contributed by atoms with Crippen molar-refractivity contribution in [2.75, 3.05) is 25.0 Å². The van der Waals surface area contributed by atoms with E-state index in [2.05, 4.69) is 20.8 Å². The Bertz CT molecular complexity index is 529. The van der Waals surface area contributed by atoms with E-state index in [1.807, 2.05) is 39.1 Å². The monoisotopic (exact) mass is 340 g/mol. The van der Waals surface area contributed by atoms with Gasteiger partial charge in [-0.2, -0.15) is 0 Å². The van der Waals surface area contributed by atoms with Crippen LogP contribution in [0.5, 0.6) is 0 Å². The first-order valence-electron chi connectivity index (χ1n) is 6.76. The Morgan fingerprint density at radius 3 is 2.55 bits per heavy atom. The highest BCUT2D eigenvalue weighted by atomic mass is 79.9. The number of piperazine rings is 1. The molecule has 0 spiro atoms. The lowest BCUT2D eigenvalue weighted by Crippen LogP contribution is -2.62. The van der Waals surface area contributed by atoms with E-state index in [1.54, 1.807) is 11.8 Å². The molecule has 0 aliphatic carbocycles. The minimum atomic E-state index is -0.557. The topological polar surface area (TPSA) is 43.8 Å². The Morgan fingerprint density at radius 1 is 1.35 bits per heavy atom. The maximum atomic E-state index is 12.3. The SMILES string of the molecule is CC(O)c1ccc(N2CCN(C)C(=O)C2(C)C)cc1Br. The fourth-order valence-electron chi connectivity index (χ4n) is 2.69. The van der Waals surface area contributed by atoms with Gasteiger partial charge in [0.1, 0.15) is 5.54 Å². The summed E-state index contributed by atoms with van der Waals surface area (Å²) in [5.74, 6) is 0.125. The van der Waals surface area contributed by atoms with Gasteiger partial charge in [-0.15, -0.1) is 0 Å². The minimum absolute atomic E-state index is 0.125. The van der Waals surface area contributed by atoms with Crippen LogP contribution in [0, 0.1) is 0 Å². The molecule has 1 N–H and O–H groups in total. The normalized spacial score (nSPS) is 20.2. The third-order valence-electron chi connectivity index (χ3n) is 3.95. The van der Waals surface area contributed by atoms with Crippen LogP contribution in [0.4, 0.5) is 5.69 Å². The van der Waals surface area contributed by atoms with Crippen molar-refractivity contribution >= 4 is 27.5 Å². The van der Waals surface area contributed by atoms with E-state index in [0.717, 1.165) is 28.8 Å². The Hall–Kier alpha value is -1.07. The molecule has 1 aliphatic rings. The third-order valence-corrected chi connectivity index (χ3v) is 4.64. The van der Waals surface area contributed by atoms with Gasteiger partial charge in [-0.1, -0.05) is 22.0 Å². The minimum Gasteiger partial charge on any atom is -0.389 e. The molecule has 1 unspecified atom stereocenters. The van der Waals surface area contributed by atoms with Gasteiger partial charge in [0.05, 0.1) is 6.10 Å². The van der Waals surface area contributed by atoms with Crippen LogP contribution in [0.15, 0.2) is 22.7 Å². The summed E-state index contributed by atoms with van der Waals surface area (Å²) in [6.45, 7) is 7.15. The van der Waals surface area contributed by atoms with E-state index in [1.165, 1.54) is 0 Å². The second-order valence-corrected chi connectivity index (χ2v) is 6.67. The van der Waals surface area contributed by atoms with Crippen LogP contribution in [-0.4, -0.2) is 41.6 Å². The molecule has 0 saturated carbocycles. The summed E-state index contributed by atoms with van der Waals surface area (Å²) < 4.78 is 0.868.